The molecule has 0 saturated heterocycles. The van der Waals surface area contributed by atoms with Crippen LogP contribution in [0.25, 0.3) is 0 Å². The molecule has 4 nitrogen and oxygen atoms in total. The summed E-state index contributed by atoms with van der Waals surface area (Å²) in [5.74, 6) is -0.626. The molecule has 0 aliphatic carbocycles. The Morgan fingerprint density at radius 1 is 1.11 bits per heavy atom. The van der Waals surface area contributed by atoms with Crippen LogP contribution in [0.1, 0.15) is 18.4 Å². The Hall–Kier alpha value is -0.0400. The third-order valence-electron chi connectivity index (χ3n) is 2.58. The van der Waals surface area contributed by atoms with Gasteiger partial charge >= 0.3 is 0 Å². The molecular weight excluding hydrogens is 335 g/mol. The lowest BCUT2D eigenvalue weighted by molar-refractivity contribution is 0.0250. The van der Waals surface area contributed by atoms with Crippen molar-refractivity contribution in [3.8, 4) is 0 Å². The summed E-state index contributed by atoms with van der Waals surface area (Å²) in [5.41, 5.74) is -1.23. The van der Waals surface area contributed by atoms with Crippen LogP contribution in [-0.2, 0) is 15.7 Å². The van der Waals surface area contributed by atoms with Gasteiger partial charge in [-0.2, -0.15) is 8.42 Å². The maximum Gasteiger partial charge on any atom is 0.264 e. The summed E-state index contributed by atoms with van der Waals surface area (Å²) in [5, 5.41) is 10.6. The Morgan fingerprint density at radius 3 is 2.05 bits per heavy atom. The van der Waals surface area contributed by atoms with Gasteiger partial charge in [-0.05, 0) is 12.0 Å². The van der Waals surface area contributed by atoms with Crippen molar-refractivity contribution < 1.29 is 18.1 Å². The molecule has 108 valence electrons. The zero-order valence-corrected chi connectivity index (χ0v) is 12.8. The lowest BCUT2D eigenvalue weighted by Gasteiger charge is -2.31. The fourth-order valence-electron chi connectivity index (χ4n) is 1.71. The number of rotatable bonds is 5. The highest BCUT2D eigenvalue weighted by Crippen LogP contribution is 2.41. The van der Waals surface area contributed by atoms with Gasteiger partial charge in [0.25, 0.3) is 10.1 Å². The van der Waals surface area contributed by atoms with Crippen molar-refractivity contribution in [1.29, 1.82) is 0 Å². The van der Waals surface area contributed by atoms with Crippen LogP contribution in [0.5, 0.6) is 0 Å². The molecule has 0 amide bonds. The Bertz CT molecular complexity index is 512. The summed E-state index contributed by atoms with van der Waals surface area (Å²) in [6.45, 7) is 0. The van der Waals surface area contributed by atoms with E-state index in [0.717, 1.165) is 0 Å². The first-order valence-corrected chi connectivity index (χ1v) is 8.06. The molecule has 0 heterocycles. The summed E-state index contributed by atoms with van der Waals surface area (Å²) in [4.78, 5) is 0. The molecule has 0 saturated carbocycles. The number of hydrogen-bond acceptors (Lipinski definition) is 3. The molecule has 1 unspecified atom stereocenters. The lowest BCUT2D eigenvalue weighted by atomic mass is 9.88. The van der Waals surface area contributed by atoms with Crippen molar-refractivity contribution in [2.75, 3.05) is 5.75 Å². The van der Waals surface area contributed by atoms with Crippen LogP contribution in [0.4, 0.5) is 0 Å². The molecule has 8 heteroatoms. The van der Waals surface area contributed by atoms with Gasteiger partial charge in [-0.1, -0.05) is 65.1 Å². The Morgan fingerprint density at radius 2 is 1.63 bits per heavy atom. The molecule has 0 bridgehead atoms. The van der Waals surface area contributed by atoms with Crippen molar-refractivity contribution in [3.63, 3.8) is 0 Å². The van der Waals surface area contributed by atoms with Gasteiger partial charge in [0.15, 0.2) is 3.79 Å². The summed E-state index contributed by atoms with van der Waals surface area (Å²) >= 11 is 17.0. The van der Waals surface area contributed by atoms with Crippen molar-refractivity contribution in [3.05, 3.63) is 35.9 Å². The predicted octanol–water partition coefficient (Wildman–Crippen LogP) is 2.91. The largest absolute Gasteiger partial charge is 0.385 e. The molecule has 0 aliphatic heterocycles. The molecular formula is C11H13Cl3O4S. The van der Waals surface area contributed by atoms with Crippen molar-refractivity contribution in [1.82, 2.24) is 0 Å². The number of aliphatic hydroxyl groups is 1. The van der Waals surface area contributed by atoms with Crippen molar-refractivity contribution >= 4 is 44.9 Å². The topological polar surface area (TPSA) is 74.6 Å². The fraction of sp³-hybridized carbons (Fsp3) is 0.455. The Labute approximate surface area is 127 Å². The zero-order chi connectivity index (χ0) is 14.7. The lowest BCUT2D eigenvalue weighted by Crippen LogP contribution is -2.33. The molecule has 0 spiro atoms. The standard InChI is InChI=1S/C11H13Cl3O4S/c12-11(13,14)8-10(15,6-7-19(16,17)18)9-4-2-1-3-5-9/h1-5,15H,6-8H2,(H,16,17,18). The highest BCUT2D eigenvalue weighted by atomic mass is 35.6. The van der Waals surface area contributed by atoms with Gasteiger partial charge in [0.1, 0.15) is 0 Å². The predicted molar refractivity (Wildman–Crippen MR) is 76.3 cm³/mol. The smallest absolute Gasteiger partial charge is 0.264 e. The first-order valence-electron chi connectivity index (χ1n) is 5.32. The minimum absolute atomic E-state index is 0.274. The van der Waals surface area contributed by atoms with Gasteiger partial charge in [0.2, 0.25) is 0 Å². The Kier molecular flexibility index (Phi) is 5.52. The zero-order valence-electron chi connectivity index (χ0n) is 9.76. The fourth-order valence-corrected chi connectivity index (χ4v) is 2.97. The molecule has 1 atom stereocenters. The summed E-state index contributed by atoms with van der Waals surface area (Å²) in [6, 6.07) is 8.28. The summed E-state index contributed by atoms with van der Waals surface area (Å²) < 4.78 is 28.7. The number of alkyl halides is 3. The monoisotopic (exact) mass is 346 g/mol. The van der Waals surface area contributed by atoms with E-state index in [2.05, 4.69) is 0 Å². The van der Waals surface area contributed by atoms with Crippen molar-refractivity contribution in [2.45, 2.75) is 22.2 Å². The van der Waals surface area contributed by atoms with Crippen LogP contribution in [0.3, 0.4) is 0 Å². The summed E-state index contributed by atoms with van der Waals surface area (Å²) in [6.07, 6.45) is -0.562. The molecule has 1 rings (SSSR count). The van der Waals surface area contributed by atoms with E-state index in [1.165, 1.54) is 0 Å². The van der Waals surface area contributed by atoms with E-state index in [1.54, 1.807) is 30.3 Å². The van der Waals surface area contributed by atoms with Gasteiger partial charge in [0.05, 0.1) is 11.4 Å². The second-order valence-electron chi connectivity index (χ2n) is 4.23. The number of halogens is 3. The second-order valence-corrected chi connectivity index (χ2v) is 8.31. The van der Waals surface area contributed by atoms with Crippen LogP contribution in [0.15, 0.2) is 30.3 Å². The van der Waals surface area contributed by atoms with Gasteiger partial charge in [-0.15, -0.1) is 0 Å². The molecule has 2 N–H and O–H groups in total. The highest BCUT2D eigenvalue weighted by molar-refractivity contribution is 7.85. The van der Waals surface area contributed by atoms with E-state index >= 15 is 0 Å². The van der Waals surface area contributed by atoms with E-state index in [0.29, 0.717) is 5.56 Å². The number of hydrogen-bond donors (Lipinski definition) is 2. The van der Waals surface area contributed by atoms with Crippen molar-refractivity contribution in [2.24, 2.45) is 0 Å². The van der Waals surface area contributed by atoms with E-state index in [4.69, 9.17) is 39.4 Å². The molecule has 0 fully saturated rings. The minimum Gasteiger partial charge on any atom is -0.385 e. The molecule has 1 aromatic carbocycles. The van der Waals surface area contributed by atoms with Crippen LogP contribution in [-0.4, -0.2) is 27.6 Å². The van der Waals surface area contributed by atoms with Crippen LogP contribution in [0.2, 0.25) is 0 Å². The second kappa shape index (κ2) is 6.16. The van der Waals surface area contributed by atoms with Gasteiger partial charge in [0, 0.05) is 6.42 Å². The third-order valence-corrected chi connectivity index (χ3v) is 3.70. The van der Waals surface area contributed by atoms with E-state index < -0.39 is 25.3 Å². The van der Waals surface area contributed by atoms with E-state index in [-0.39, 0.29) is 12.8 Å². The molecule has 1 aromatic rings. The summed E-state index contributed by atoms with van der Waals surface area (Å²) in [7, 11) is -4.21. The Balaban J connectivity index is 3.04. The molecule has 0 aromatic heterocycles. The van der Waals surface area contributed by atoms with E-state index in [9.17, 15) is 13.5 Å². The highest BCUT2D eigenvalue weighted by Gasteiger charge is 2.38. The van der Waals surface area contributed by atoms with Crippen LogP contribution >= 0.6 is 34.8 Å². The third kappa shape index (κ3) is 6.29. The molecule has 19 heavy (non-hydrogen) atoms. The van der Waals surface area contributed by atoms with Gasteiger partial charge in [-0.25, -0.2) is 0 Å². The maximum absolute atomic E-state index is 10.8. The SMILES string of the molecule is O=S(=O)(O)CCC(O)(CC(Cl)(Cl)Cl)c1ccccc1. The minimum atomic E-state index is -4.21. The van der Waals surface area contributed by atoms with E-state index in [1.807, 2.05) is 0 Å². The number of benzene rings is 1. The average Bonchev–Trinajstić information content (AvgIpc) is 2.25. The van der Waals surface area contributed by atoms with Gasteiger partial charge < -0.3 is 5.11 Å². The maximum atomic E-state index is 10.8. The van der Waals surface area contributed by atoms with Crippen LogP contribution < -0.4 is 0 Å². The average molecular weight is 348 g/mol. The molecule has 0 radical (unpaired) electrons. The first kappa shape index (κ1) is 17.0. The quantitative estimate of drug-likeness (QED) is 0.634. The van der Waals surface area contributed by atoms with Gasteiger partial charge in [-0.3, -0.25) is 4.55 Å². The first-order chi connectivity index (χ1) is 8.52. The van der Waals surface area contributed by atoms with Crippen LogP contribution in [0, 0.1) is 0 Å². The molecule has 0 aliphatic rings. The normalized spacial score (nSPS) is 16.1.